The lowest BCUT2D eigenvalue weighted by atomic mass is 9.47. The molecule has 6 aliphatic rings. The first-order valence-electron chi connectivity index (χ1n) is 13.1. The first kappa shape index (κ1) is 20.2. The minimum absolute atomic E-state index is 0.0439. The largest absolute Gasteiger partial charge is 0.393 e. The molecule has 1 spiro atoms. The fraction of sp³-hybridized carbons (Fsp3) is 0.926. The molecule has 2 saturated heterocycles. The Morgan fingerprint density at radius 2 is 1.90 bits per heavy atom. The summed E-state index contributed by atoms with van der Waals surface area (Å²) in [5.41, 5.74) is 2.33. The van der Waals surface area contributed by atoms with Crippen LogP contribution < -0.4 is 5.32 Å². The Hall–Kier alpha value is -0.380. The highest BCUT2D eigenvalue weighted by molar-refractivity contribution is 5.26. The van der Waals surface area contributed by atoms with Gasteiger partial charge in [-0.2, -0.15) is 0 Å². The summed E-state index contributed by atoms with van der Waals surface area (Å²) in [5.74, 6) is 4.58. The molecular formula is C27H43NO2. The van der Waals surface area contributed by atoms with Crippen LogP contribution in [-0.2, 0) is 4.74 Å². The van der Waals surface area contributed by atoms with Crippen molar-refractivity contribution < 1.29 is 9.84 Å². The fourth-order valence-electron chi connectivity index (χ4n) is 9.84. The van der Waals surface area contributed by atoms with Crippen LogP contribution in [0.1, 0.15) is 85.5 Å². The van der Waals surface area contributed by atoms with Gasteiger partial charge in [0.2, 0.25) is 0 Å². The molecule has 0 unspecified atom stereocenters. The number of nitrogens with one attached hydrogen (secondary N) is 1. The Kier molecular flexibility index (Phi) is 4.44. The molecule has 0 bridgehead atoms. The molecule has 4 aliphatic carbocycles. The average molecular weight is 414 g/mol. The van der Waals surface area contributed by atoms with Gasteiger partial charge in [-0.1, -0.05) is 39.3 Å². The van der Waals surface area contributed by atoms with Crippen LogP contribution in [0.5, 0.6) is 0 Å². The van der Waals surface area contributed by atoms with Crippen molar-refractivity contribution in [2.75, 3.05) is 6.54 Å². The highest BCUT2D eigenvalue weighted by Crippen LogP contribution is 2.70. The van der Waals surface area contributed by atoms with Gasteiger partial charge in [0.05, 0.1) is 12.2 Å². The van der Waals surface area contributed by atoms with Gasteiger partial charge in [-0.15, -0.1) is 0 Å². The molecule has 6 rings (SSSR count). The van der Waals surface area contributed by atoms with Gasteiger partial charge < -0.3 is 9.84 Å². The molecule has 3 nitrogen and oxygen atoms in total. The predicted octanol–water partition coefficient (Wildman–Crippen LogP) is 5.29. The molecule has 5 fully saturated rings. The molecule has 0 aromatic carbocycles. The monoisotopic (exact) mass is 413 g/mol. The summed E-state index contributed by atoms with van der Waals surface area (Å²) in [6, 6.07) is 0. The zero-order chi connectivity index (χ0) is 20.9. The SMILES string of the molecule is C[C@H]1CC[C@]2(NC1)O[C@H]1C[C@H]3[C@@H]4CC=C5C[C@@H](O)CC[C@]5(C)[C@H]4CC[C@]3(C)[C@@H]1[C@@H]2C. The number of piperidine rings is 1. The summed E-state index contributed by atoms with van der Waals surface area (Å²) in [6.45, 7) is 11.2. The molecule has 3 saturated carbocycles. The summed E-state index contributed by atoms with van der Waals surface area (Å²) >= 11 is 0. The summed E-state index contributed by atoms with van der Waals surface area (Å²) in [6.07, 6.45) is 13.8. The Bertz CT molecular complexity index is 739. The Morgan fingerprint density at radius 1 is 1.07 bits per heavy atom. The van der Waals surface area contributed by atoms with Gasteiger partial charge in [-0.05, 0) is 98.2 Å². The number of rotatable bonds is 0. The van der Waals surface area contributed by atoms with Crippen molar-refractivity contribution >= 4 is 0 Å². The number of ether oxygens (including phenoxy) is 1. The van der Waals surface area contributed by atoms with E-state index in [9.17, 15) is 5.11 Å². The Labute approximate surface area is 183 Å². The van der Waals surface area contributed by atoms with Gasteiger partial charge >= 0.3 is 0 Å². The maximum absolute atomic E-state index is 10.3. The molecule has 2 N–H and O–H groups in total. The van der Waals surface area contributed by atoms with Crippen LogP contribution in [0.4, 0.5) is 0 Å². The van der Waals surface area contributed by atoms with E-state index in [0.717, 1.165) is 49.0 Å². The number of hydrogen-bond acceptors (Lipinski definition) is 3. The quantitative estimate of drug-likeness (QED) is 0.530. The molecule has 11 atom stereocenters. The fourth-order valence-corrected chi connectivity index (χ4v) is 9.84. The number of fused-ring (bicyclic) bond motifs is 7. The van der Waals surface area contributed by atoms with Crippen LogP contribution in [0.2, 0.25) is 0 Å². The second kappa shape index (κ2) is 6.58. The van der Waals surface area contributed by atoms with Crippen LogP contribution in [0.25, 0.3) is 0 Å². The predicted molar refractivity (Wildman–Crippen MR) is 120 cm³/mol. The van der Waals surface area contributed by atoms with Crippen LogP contribution in [-0.4, -0.2) is 29.6 Å². The number of hydrogen-bond donors (Lipinski definition) is 2. The van der Waals surface area contributed by atoms with Crippen LogP contribution >= 0.6 is 0 Å². The highest BCUT2D eigenvalue weighted by Gasteiger charge is 2.68. The maximum Gasteiger partial charge on any atom is 0.122 e. The van der Waals surface area contributed by atoms with Crippen molar-refractivity contribution in [2.24, 2.45) is 46.3 Å². The summed E-state index contributed by atoms with van der Waals surface area (Å²) in [7, 11) is 0. The van der Waals surface area contributed by atoms with E-state index in [1.165, 1.54) is 44.9 Å². The van der Waals surface area contributed by atoms with E-state index in [1.54, 1.807) is 5.57 Å². The van der Waals surface area contributed by atoms with E-state index in [0.29, 0.717) is 22.9 Å². The molecule has 30 heavy (non-hydrogen) atoms. The molecule has 0 aromatic rings. The molecular weight excluding hydrogens is 370 g/mol. The van der Waals surface area contributed by atoms with Crippen molar-refractivity contribution in [1.29, 1.82) is 0 Å². The van der Waals surface area contributed by atoms with Crippen molar-refractivity contribution in [3.05, 3.63) is 11.6 Å². The Balaban J connectivity index is 1.28. The zero-order valence-corrected chi connectivity index (χ0v) is 19.6. The van der Waals surface area contributed by atoms with Crippen LogP contribution in [0.3, 0.4) is 0 Å². The number of aliphatic hydroxyl groups is 1. The highest BCUT2D eigenvalue weighted by atomic mass is 16.5. The Morgan fingerprint density at radius 3 is 2.67 bits per heavy atom. The van der Waals surface area contributed by atoms with E-state index in [4.69, 9.17) is 4.74 Å². The second-order valence-corrected chi connectivity index (χ2v) is 12.8. The molecule has 168 valence electrons. The van der Waals surface area contributed by atoms with E-state index >= 15 is 0 Å². The van der Waals surface area contributed by atoms with Crippen LogP contribution in [0.15, 0.2) is 11.6 Å². The first-order valence-corrected chi connectivity index (χ1v) is 13.1. The number of allylic oxidation sites excluding steroid dienone is 1. The van der Waals surface area contributed by atoms with E-state index in [2.05, 4.69) is 39.1 Å². The molecule has 0 radical (unpaired) electrons. The first-order chi connectivity index (χ1) is 14.3. The van der Waals surface area contributed by atoms with Gasteiger partial charge in [-0.25, -0.2) is 0 Å². The summed E-state index contributed by atoms with van der Waals surface area (Å²) < 4.78 is 7.00. The third-order valence-electron chi connectivity index (χ3n) is 11.6. The molecule has 2 heterocycles. The van der Waals surface area contributed by atoms with Gasteiger partial charge in [0, 0.05) is 12.5 Å². The van der Waals surface area contributed by atoms with E-state index < -0.39 is 0 Å². The maximum atomic E-state index is 10.3. The van der Waals surface area contributed by atoms with E-state index in [-0.39, 0.29) is 11.8 Å². The van der Waals surface area contributed by atoms with Gasteiger partial charge in [0.15, 0.2) is 0 Å². The van der Waals surface area contributed by atoms with Crippen molar-refractivity contribution in [3.63, 3.8) is 0 Å². The molecule has 3 heteroatoms. The van der Waals surface area contributed by atoms with Gasteiger partial charge in [0.25, 0.3) is 0 Å². The lowest BCUT2D eigenvalue weighted by molar-refractivity contribution is -0.115. The number of aliphatic hydroxyl groups excluding tert-OH is 1. The lowest BCUT2D eigenvalue weighted by Crippen LogP contribution is -2.57. The van der Waals surface area contributed by atoms with Gasteiger partial charge in [0.1, 0.15) is 5.72 Å². The molecule has 2 aliphatic heterocycles. The van der Waals surface area contributed by atoms with Crippen molar-refractivity contribution in [1.82, 2.24) is 5.32 Å². The lowest BCUT2D eigenvalue weighted by Gasteiger charge is -2.58. The van der Waals surface area contributed by atoms with Crippen molar-refractivity contribution in [3.8, 4) is 0 Å². The average Bonchev–Trinajstić information content (AvgIpc) is 3.16. The third kappa shape index (κ3) is 2.55. The topological polar surface area (TPSA) is 41.5 Å². The summed E-state index contributed by atoms with van der Waals surface area (Å²) in [5, 5.41) is 14.1. The summed E-state index contributed by atoms with van der Waals surface area (Å²) in [4.78, 5) is 0. The molecule has 0 aromatic heterocycles. The van der Waals surface area contributed by atoms with Gasteiger partial charge in [-0.3, -0.25) is 5.32 Å². The smallest absolute Gasteiger partial charge is 0.122 e. The standard InChI is InChI=1S/C27H43NO2/c1-16-7-12-27(28-15-16)17(2)24-23(30-27)14-22-20-6-5-18-13-19(29)8-10-25(18,3)21(20)9-11-26(22,24)4/h5,16-17,19-24,28-29H,6-15H2,1-4H3/t16-,17-,19-,20+,21-,22-,23-,24+,25-,26-,27-/m0/s1. The van der Waals surface area contributed by atoms with E-state index in [1.807, 2.05) is 0 Å². The molecule has 0 amide bonds. The minimum Gasteiger partial charge on any atom is -0.393 e. The normalized spacial score (nSPS) is 59.8. The third-order valence-corrected chi connectivity index (χ3v) is 11.6. The zero-order valence-electron chi connectivity index (χ0n) is 19.6. The van der Waals surface area contributed by atoms with Crippen molar-refractivity contribution in [2.45, 2.75) is 103 Å². The second-order valence-electron chi connectivity index (χ2n) is 12.8. The minimum atomic E-state index is -0.100. The van der Waals surface area contributed by atoms with Crippen LogP contribution in [0, 0.1) is 46.3 Å².